The van der Waals surface area contributed by atoms with Gasteiger partial charge in [-0.3, -0.25) is 9.69 Å². The molecule has 2 heterocycles. The van der Waals surface area contributed by atoms with E-state index in [1.807, 2.05) is 60.7 Å². The SMILES string of the molecule is Cc1cc2c(cc1/C=C1/SC(=Nc3ccccc3)N(Cc3ccccc3)C1=O)C(C)CC(C)(C)N2C. The van der Waals surface area contributed by atoms with Gasteiger partial charge in [0.2, 0.25) is 0 Å². The van der Waals surface area contributed by atoms with E-state index in [4.69, 9.17) is 4.99 Å². The highest BCUT2D eigenvalue weighted by Gasteiger charge is 2.36. The smallest absolute Gasteiger partial charge is 0.267 e. The topological polar surface area (TPSA) is 35.9 Å². The molecule has 3 aromatic rings. The van der Waals surface area contributed by atoms with E-state index in [9.17, 15) is 4.79 Å². The van der Waals surface area contributed by atoms with Gasteiger partial charge < -0.3 is 4.90 Å². The van der Waals surface area contributed by atoms with Crippen LogP contribution in [0.4, 0.5) is 11.4 Å². The standard InChI is InChI=1S/C31H33N3OS/c1-21-16-27-26(22(2)19-31(3,4)33(27)5)17-24(21)18-28-29(35)34(20-23-12-8-6-9-13-23)30(36-28)32-25-14-10-7-11-15-25/h6-18,22H,19-20H2,1-5H3/b28-18+,32-30?. The quantitative estimate of drug-likeness (QED) is 0.351. The van der Waals surface area contributed by atoms with Crippen molar-refractivity contribution in [1.29, 1.82) is 0 Å². The van der Waals surface area contributed by atoms with Crippen molar-refractivity contribution in [2.75, 3.05) is 11.9 Å². The zero-order valence-electron chi connectivity index (χ0n) is 21.7. The fraction of sp³-hybridized carbons (Fsp3) is 0.290. The van der Waals surface area contributed by atoms with Crippen LogP contribution in [0.15, 0.2) is 82.7 Å². The van der Waals surface area contributed by atoms with Crippen LogP contribution < -0.4 is 4.90 Å². The van der Waals surface area contributed by atoms with E-state index >= 15 is 0 Å². The summed E-state index contributed by atoms with van der Waals surface area (Å²) in [6.45, 7) is 9.55. The molecule has 36 heavy (non-hydrogen) atoms. The number of amidine groups is 1. The maximum Gasteiger partial charge on any atom is 0.267 e. The van der Waals surface area contributed by atoms with Gasteiger partial charge in [-0.25, -0.2) is 4.99 Å². The molecule has 2 aliphatic heterocycles. The highest BCUT2D eigenvalue weighted by Crippen LogP contribution is 2.44. The summed E-state index contributed by atoms with van der Waals surface area (Å²) in [5.74, 6) is 0.461. The predicted molar refractivity (Wildman–Crippen MR) is 153 cm³/mol. The van der Waals surface area contributed by atoms with Crippen LogP contribution in [0, 0.1) is 6.92 Å². The summed E-state index contributed by atoms with van der Waals surface area (Å²) in [4.78, 5) is 23.4. The van der Waals surface area contributed by atoms with Crippen LogP contribution in [0.3, 0.4) is 0 Å². The summed E-state index contributed by atoms with van der Waals surface area (Å²) >= 11 is 1.46. The number of fused-ring (bicyclic) bond motifs is 1. The number of aliphatic imine (C=N–C) groups is 1. The number of rotatable bonds is 4. The van der Waals surface area contributed by atoms with Crippen molar-refractivity contribution in [2.45, 2.75) is 52.1 Å². The van der Waals surface area contributed by atoms with Gasteiger partial charge >= 0.3 is 0 Å². The van der Waals surface area contributed by atoms with Crippen molar-refractivity contribution in [3.63, 3.8) is 0 Å². The number of carbonyl (C=O) groups is 1. The fourth-order valence-electron chi connectivity index (χ4n) is 5.14. The Bertz CT molecular complexity index is 1340. The molecule has 0 bridgehead atoms. The highest BCUT2D eigenvalue weighted by atomic mass is 32.2. The highest BCUT2D eigenvalue weighted by molar-refractivity contribution is 8.18. The average molecular weight is 496 g/mol. The van der Waals surface area contributed by atoms with Gasteiger partial charge in [0.1, 0.15) is 0 Å². The Morgan fingerprint density at radius 1 is 1.06 bits per heavy atom. The number of hydrogen-bond acceptors (Lipinski definition) is 4. The number of hydrogen-bond donors (Lipinski definition) is 0. The number of benzene rings is 3. The molecule has 0 radical (unpaired) electrons. The monoisotopic (exact) mass is 495 g/mol. The third-order valence-electron chi connectivity index (χ3n) is 7.36. The third kappa shape index (κ3) is 4.72. The molecule has 4 nitrogen and oxygen atoms in total. The average Bonchev–Trinajstić information content (AvgIpc) is 3.13. The van der Waals surface area contributed by atoms with E-state index in [0.29, 0.717) is 22.5 Å². The molecule has 1 saturated heterocycles. The Morgan fingerprint density at radius 3 is 2.42 bits per heavy atom. The normalized spacial score (nSPS) is 21.4. The van der Waals surface area contributed by atoms with Crippen LogP contribution in [0.1, 0.15) is 55.4 Å². The van der Waals surface area contributed by atoms with Crippen LogP contribution in [-0.2, 0) is 11.3 Å². The number of aryl methyl sites for hydroxylation is 1. The molecule has 0 aromatic heterocycles. The second kappa shape index (κ2) is 9.62. The Balaban J connectivity index is 1.53. The molecule has 0 aliphatic carbocycles. The summed E-state index contributed by atoms with van der Waals surface area (Å²) in [6.07, 6.45) is 3.16. The summed E-state index contributed by atoms with van der Waals surface area (Å²) in [6, 6.07) is 24.5. The van der Waals surface area contributed by atoms with Gasteiger partial charge in [-0.05, 0) is 97.5 Å². The van der Waals surface area contributed by atoms with Gasteiger partial charge in [-0.15, -0.1) is 0 Å². The first kappa shape index (κ1) is 24.4. The van der Waals surface area contributed by atoms with Gasteiger partial charge in [0.15, 0.2) is 5.17 Å². The second-order valence-electron chi connectivity index (χ2n) is 10.5. The molecule has 5 rings (SSSR count). The Morgan fingerprint density at radius 2 is 1.72 bits per heavy atom. The lowest BCUT2D eigenvalue weighted by atomic mass is 9.79. The van der Waals surface area contributed by atoms with Gasteiger partial charge in [-0.2, -0.15) is 0 Å². The molecule has 0 saturated carbocycles. The summed E-state index contributed by atoms with van der Waals surface area (Å²) in [5.41, 5.74) is 6.97. The lowest BCUT2D eigenvalue weighted by Gasteiger charge is -2.45. The van der Waals surface area contributed by atoms with Crippen molar-refractivity contribution < 1.29 is 4.79 Å². The number of thioether (sulfide) groups is 1. The third-order valence-corrected chi connectivity index (χ3v) is 8.37. The minimum absolute atomic E-state index is 0.00181. The largest absolute Gasteiger partial charge is 0.369 e. The van der Waals surface area contributed by atoms with Gasteiger partial charge in [-0.1, -0.05) is 55.5 Å². The molecule has 0 spiro atoms. The molecule has 1 fully saturated rings. The lowest BCUT2D eigenvalue weighted by molar-refractivity contribution is -0.122. The predicted octanol–water partition coefficient (Wildman–Crippen LogP) is 7.52. The van der Waals surface area contributed by atoms with Crippen molar-refractivity contribution in [1.82, 2.24) is 4.90 Å². The second-order valence-corrected chi connectivity index (χ2v) is 11.5. The van der Waals surface area contributed by atoms with E-state index in [1.54, 1.807) is 4.90 Å². The zero-order chi connectivity index (χ0) is 25.4. The van der Waals surface area contributed by atoms with Crippen LogP contribution in [0.2, 0.25) is 0 Å². The maximum absolute atomic E-state index is 13.7. The molecule has 1 unspecified atom stereocenters. The summed E-state index contributed by atoms with van der Waals surface area (Å²) < 4.78 is 0. The number of para-hydroxylation sites is 1. The number of nitrogens with zero attached hydrogens (tertiary/aromatic N) is 3. The van der Waals surface area contributed by atoms with Crippen molar-refractivity contribution in [3.8, 4) is 0 Å². The van der Waals surface area contributed by atoms with E-state index in [2.05, 4.69) is 57.9 Å². The molecule has 1 amide bonds. The molecular weight excluding hydrogens is 462 g/mol. The van der Waals surface area contributed by atoms with Crippen LogP contribution in [0.5, 0.6) is 0 Å². The zero-order valence-corrected chi connectivity index (χ0v) is 22.5. The van der Waals surface area contributed by atoms with E-state index < -0.39 is 0 Å². The van der Waals surface area contributed by atoms with Gasteiger partial charge in [0.25, 0.3) is 5.91 Å². The Hall–Kier alpha value is -3.31. The Kier molecular flexibility index (Phi) is 6.52. The lowest BCUT2D eigenvalue weighted by Crippen LogP contribution is -2.45. The van der Waals surface area contributed by atoms with E-state index in [0.717, 1.165) is 23.2 Å². The molecule has 5 heteroatoms. The van der Waals surface area contributed by atoms with Crippen molar-refractivity contribution >= 4 is 40.3 Å². The van der Waals surface area contributed by atoms with E-state index in [-0.39, 0.29) is 11.4 Å². The Labute approximate surface area is 218 Å². The number of anilines is 1. The molecular formula is C31H33N3OS. The maximum atomic E-state index is 13.7. The van der Waals surface area contributed by atoms with Gasteiger partial charge in [0, 0.05) is 18.3 Å². The first-order valence-electron chi connectivity index (χ1n) is 12.5. The van der Waals surface area contributed by atoms with Crippen LogP contribution >= 0.6 is 11.8 Å². The van der Waals surface area contributed by atoms with Gasteiger partial charge in [0.05, 0.1) is 17.1 Å². The van der Waals surface area contributed by atoms with Crippen LogP contribution in [0.25, 0.3) is 6.08 Å². The number of amides is 1. The van der Waals surface area contributed by atoms with Crippen LogP contribution in [-0.4, -0.2) is 28.6 Å². The first-order chi connectivity index (χ1) is 17.2. The van der Waals surface area contributed by atoms with Crippen molar-refractivity contribution in [2.24, 2.45) is 4.99 Å². The fourth-order valence-corrected chi connectivity index (χ4v) is 6.13. The molecule has 2 aliphatic rings. The molecule has 184 valence electrons. The molecule has 0 N–H and O–H groups in total. The minimum atomic E-state index is 0.00181. The number of carbonyl (C=O) groups excluding carboxylic acids is 1. The molecule has 1 atom stereocenters. The summed E-state index contributed by atoms with van der Waals surface area (Å²) in [7, 11) is 2.19. The van der Waals surface area contributed by atoms with E-state index in [1.165, 1.54) is 28.6 Å². The summed E-state index contributed by atoms with van der Waals surface area (Å²) in [5, 5.41) is 0.715. The first-order valence-corrected chi connectivity index (χ1v) is 13.3. The van der Waals surface area contributed by atoms with Crippen molar-refractivity contribution in [3.05, 3.63) is 100.0 Å². The molecule has 3 aromatic carbocycles. The minimum Gasteiger partial charge on any atom is -0.369 e.